The summed E-state index contributed by atoms with van der Waals surface area (Å²) in [6.45, 7) is 1.10. The lowest BCUT2D eigenvalue weighted by Gasteiger charge is -2.34. The summed E-state index contributed by atoms with van der Waals surface area (Å²) in [7, 11) is 0. The molecule has 1 N–H and O–H groups in total. The van der Waals surface area contributed by atoms with Gasteiger partial charge in [0.2, 0.25) is 0 Å². The second-order valence-corrected chi connectivity index (χ2v) is 8.40. The molecular weight excluding hydrogens is 417 g/mol. The number of halogens is 3. The predicted octanol–water partition coefficient (Wildman–Crippen LogP) is 5.17. The van der Waals surface area contributed by atoms with E-state index in [-0.39, 0.29) is 29.6 Å². The van der Waals surface area contributed by atoms with Crippen molar-refractivity contribution in [2.75, 3.05) is 18.4 Å². The molecule has 2 aliphatic heterocycles. The van der Waals surface area contributed by atoms with Gasteiger partial charge in [-0.1, -0.05) is 60.7 Å². The monoisotopic (exact) mass is 440 g/mol. The Balaban J connectivity index is 1.43. The van der Waals surface area contributed by atoms with Gasteiger partial charge in [-0.15, -0.1) is 0 Å². The maximum Gasteiger partial charge on any atom is 0.410 e. The molecule has 5 rings (SSSR count). The standard InChI is InChI=1S/C24H23F3N4O/c25-24(26,27)21-13-20(17-9-5-2-6-10-17)29-22-19(14-28-31(21)22)23(32)30-12-11-18(15-30)16-7-3-1-4-8-16/h1-10,14,18,20-21,29H,11-13,15H2/t18?,20-,21+/m1/s1. The summed E-state index contributed by atoms with van der Waals surface area (Å²) < 4.78 is 42.6. The van der Waals surface area contributed by atoms with Gasteiger partial charge in [0, 0.05) is 25.4 Å². The van der Waals surface area contributed by atoms with E-state index in [0.717, 1.165) is 16.7 Å². The number of benzene rings is 2. The topological polar surface area (TPSA) is 50.2 Å². The minimum absolute atomic E-state index is 0.139. The average Bonchev–Trinajstić information content (AvgIpc) is 3.46. The lowest BCUT2D eigenvalue weighted by molar-refractivity contribution is -0.173. The first-order chi connectivity index (χ1) is 15.4. The zero-order chi connectivity index (χ0) is 22.3. The molecule has 0 radical (unpaired) electrons. The average molecular weight is 440 g/mol. The van der Waals surface area contributed by atoms with E-state index < -0.39 is 18.3 Å². The Kier molecular flexibility index (Phi) is 5.15. The lowest BCUT2D eigenvalue weighted by Crippen LogP contribution is -2.37. The van der Waals surface area contributed by atoms with Gasteiger partial charge in [0.1, 0.15) is 11.4 Å². The van der Waals surface area contributed by atoms with Gasteiger partial charge in [0.05, 0.1) is 12.2 Å². The summed E-state index contributed by atoms with van der Waals surface area (Å²) in [5, 5.41) is 7.15. The highest BCUT2D eigenvalue weighted by atomic mass is 19.4. The van der Waals surface area contributed by atoms with Gasteiger partial charge in [-0.3, -0.25) is 4.79 Å². The minimum Gasteiger partial charge on any atom is -0.363 e. The van der Waals surface area contributed by atoms with Crippen LogP contribution in [0.5, 0.6) is 0 Å². The largest absolute Gasteiger partial charge is 0.410 e. The van der Waals surface area contributed by atoms with Crippen LogP contribution in [0.15, 0.2) is 66.9 Å². The summed E-state index contributed by atoms with van der Waals surface area (Å²) in [4.78, 5) is 15.0. The number of hydrogen-bond acceptors (Lipinski definition) is 3. The Morgan fingerprint density at radius 3 is 2.31 bits per heavy atom. The molecule has 0 bridgehead atoms. The summed E-state index contributed by atoms with van der Waals surface area (Å²) in [5.41, 5.74) is 2.10. The Hall–Kier alpha value is -3.29. The number of carbonyl (C=O) groups is 1. The van der Waals surface area contributed by atoms with Crippen molar-refractivity contribution in [2.24, 2.45) is 0 Å². The van der Waals surface area contributed by atoms with E-state index in [4.69, 9.17) is 0 Å². The molecule has 8 heteroatoms. The Bertz CT molecular complexity index is 1100. The molecule has 3 aromatic rings. The highest BCUT2D eigenvalue weighted by Crippen LogP contribution is 2.44. The number of fused-ring (bicyclic) bond motifs is 1. The summed E-state index contributed by atoms with van der Waals surface area (Å²) in [6.07, 6.45) is -2.56. The quantitative estimate of drug-likeness (QED) is 0.611. The molecule has 2 aromatic carbocycles. The normalized spacial score (nSPS) is 23.0. The first kappa shape index (κ1) is 20.6. The molecule has 3 heterocycles. The van der Waals surface area contributed by atoms with Crippen LogP contribution in [0, 0.1) is 0 Å². The number of hydrogen-bond donors (Lipinski definition) is 1. The Morgan fingerprint density at radius 2 is 1.66 bits per heavy atom. The third kappa shape index (κ3) is 3.74. The number of anilines is 1. The van der Waals surface area contributed by atoms with E-state index in [1.807, 2.05) is 36.4 Å². The van der Waals surface area contributed by atoms with E-state index in [2.05, 4.69) is 10.4 Å². The molecule has 1 aromatic heterocycles. The third-order valence-corrected chi connectivity index (χ3v) is 6.42. The van der Waals surface area contributed by atoms with Crippen molar-refractivity contribution in [3.8, 4) is 0 Å². The van der Waals surface area contributed by atoms with Crippen LogP contribution in [0.25, 0.3) is 0 Å². The van der Waals surface area contributed by atoms with Crippen molar-refractivity contribution in [2.45, 2.75) is 37.0 Å². The predicted molar refractivity (Wildman–Crippen MR) is 114 cm³/mol. The first-order valence-corrected chi connectivity index (χ1v) is 10.7. The van der Waals surface area contributed by atoms with Crippen molar-refractivity contribution in [1.29, 1.82) is 0 Å². The molecule has 1 unspecified atom stereocenters. The maximum absolute atomic E-state index is 13.9. The summed E-state index contributed by atoms with van der Waals surface area (Å²) in [6, 6.07) is 16.6. The highest BCUT2D eigenvalue weighted by molar-refractivity contribution is 5.99. The number of rotatable bonds is 3. The molecule has 1 fully saturated rings. The Morgan fingerprint density at radius 1 is 1.00 bits per heavy atom. The van der Waals surface area contributed by atoms with E-state index in [0.29, 0.717) is 13.1 Å². The van der Waals surface area contributed by atoms with Gasteiger partial charge in [0.15, 0.2) is 6.04 Å². The molecule has 0 aliphatic carbocycles. The molecule has 5 nitrogen and oxygen atoms in total. The SMILES string of the molecule is O=C(c1cnn2c1N[C@@H](c1ccccc1)C[C@H]2C(F)(F)F)N1CCC(c2ccccc2)C1. The number of aromatic nitrogens is 2. The molecular formula is C24H23F3N4O. The van der Waals surface area contributed by atoms with E-state index in [1.165, 1.54) is 11.8 Å². The smallest absolute Gasteiger partial charge is 0.363 e. The van der Waals surface area contributed by atoms with Gasteiger partial charge < -0.3 is 10.2 Å². The van der Waals surface area contributed by atoms with Crippen LogP contribution >= 0.6 is 0 Å². The molecule has 166 valence electrons. The van der Waals surface area contributed by atoms with Crippen LogP contribution in [-0.4, -0.2) is 39.9 Å². The molecule has 32 heavy (non-hydrogen) atoms. The number of carbonyl (C=O) groups excluding carboxylic acids is 1. The van der Waals surface area contributed by atoms with Gasteiger partial charge in [0.25, 0.3) is 5.91 Å². The lowest BCUT2D eigenvalue weighted by atomic mass is 9.96. The highest BCUT2D eigenvalue weighted by Gasteiger charge is 2.47. The molecule has 1 saturated heterocycles. The Labute approximate surface area is 183 Å². The van der Waals surface area contributed by atoms with Gasteiger partial charge in [-0.05, 0) is 17.5 Å². The second kappa shape index (κ2) is 8.00. The van der Waals surface area contributed by atoms with Gasteiger partial charge in [-0.25, -0.2) is 4.68 Å². The molecule has 0 saturated carbocycles. The second-order valence-electron chi connectivity index (χ2n) is 8.40. The number of nitrogens with zero attached hydrogens (tertiary/aromatic N) is 3. The van der Waals surface area contributed by atoms with Crippen molar-refractivity contribution < 1.29 is 18.0 Å². The van der Waals surface area contributed by atoms with Crippen molar-refractivity contribution in [3.05, 3.63) is 83.6 Å². The van der Waals surface area contributed by atoms with Crippen LogP contribution in [0.3, 0.4) is 0 Å². The van der Waals surface area contributed by atoms with E-state index >= 15 is 0 Å². The van der Waals surface area contributed by atoms with Crippen molar-refractivity contribution in [1.82, 2.24) is 14.7 Å². The summed E-state index contributed by atoms with van der Waals surface area (Å²) in [5.74, 6) is 0.0758. The van der Waals surface area contributed by atoms with E-state index in [1.54, 1.807) is 29.2 Å². The summed E-state index contributed by atoms with van der Waals surface area (Å²) >= 11 is 0. The van der Waals surface area contributed by atoms with Crippen molar-refractivity contribution in [3.63, 3.8) is 0 Å². The minimum atomic E-state index is -4.47. The number of likely N-dealkylation sites (tertiary alicyclic amines) is 1. The zero-order valence-corrected chi connectivity index (χ0v) is 17.3. The molecule has 2 aliphatic rings. The molecule has 1 amide bonds. The third-order valence-electron chi connectivity index (χ3n) is 6.42. The molecule has 0 spiro atoms. The zero-order valence-electron chi connectivity index (χ0n) is 17.3. The van der Waals surface area contributed by atoms with Crippen LogP contribution in [-0.2, 0) is 0 Å². The van der Waals surface area contributed by atoms with E-state index in [9.17, 15) is 18.0 Å². The number of nitrogens with one attached hydrogen (secondary N) is 1. The number of amides is 1. The van der Waals surface area contributed by atoms with Crippen LogP contribution in [0.4, 0.5) is 19.0 Å². The number of alkyl halides is 3. The van der Waals surface area contributed by atoms with Gasteiger partial charge in [-0.2, -0.15) is 18.3 Å². The van der Waals surface area contributed by atoms with Crippen LogP contribution in [0.1, 0.15) is 52.3 Å². The van der Waals surface area contributed by atoms with Crippen molar-refractivity contribution >= 4 is 11.7 Å². The van der Waals surface area contributed by atoms with Gasteiger partial charge >= 0.3 is 6.18 Å². The first-order valence-electron chi connectivity index (χ1n) is 10.7. The fourth-order valence-electron chi connectivity index (χ4n) is 4.74. The maximum atomic E-state index is 13.9. The molecule has 3 atom stereocenters. The van der Waals surface area contributed by atoms with Crippen LogP contribution < -0.4 is 5.32 Å². The fourth-order valence-corrected chi connectivity index (χ4v) is 4.74. The van der Waals surface area contributed by atoms with Crippen LogP contribution in [0.2, 0.25) is 0 Å². The fraction of sp³-hybridized carbons (Fsp3) is 0.333.